The van der Waals surface area contributed by atoms with Crippen molar-refractivity contribution < 1.29 is 33.9 Å². The van der Waals surface area contributed by atoms with Crippen LogP contribution in [0.1, 0.15) is 31.4 Å². The van der Waals surface area contributed by atoms with Gasteiger partial charge in [-0.05, 0) is 70.4 Å². The van der Waals surface area contributed by atoms with Crippen molar-refractivity contribution in [3.63, 3.8) is 0 Å². The van der Waals surface area contributed by atoms with Gasteiger partial charge in [-0.2, -0.15) is 0 Å². The molecule has 0 aliphatic carbocycles. The number of anilines is 2. The van der Waals surface area contributed by atoms with Crippen LogP contribution in [0.2, 0.25) is 0 Å². The van der Waals surface area contributed by atoms with Gasteiger partial charge in [0.15, 0.2) is 17.6 Å². The average molecular weight is 612 g/mol. The number of phenolic OH excluding ortho intramolecular Hbond substituents is 1. The number of nitrogens with zero attached hydrogens (tertiary/aromatic N) is 3. The second kappa shape index (κ2) is 11.1. The summed E-state index contributed by atoms with van der Waals surface area (Å²) >= 11 is 3.32. The van der Waals surface area contributed by atoms with Crippen LogP contribution in [0.25, 0.3) is 0 Å². The number of halogens is 1. The summed E-state index contributed by atoms with van der Waals surface area (Å²) in [5, 5.41) is 23.2. The smallest absolute Gasteiger partial charge is 0.271 e. The molecule has 5 rings (SSSR count). The van der Waals surface area contributed by atoms with E-state index in [2.05, 4.69) is 22.9 Å². The van der Waals surface area contributed by atoms with Crippen LogP contribution in [0.15, 0.2) is 65.1 Å². The molecular weight excluding hydrogens is 586 g/mol. The van der Waals surface area contributed by atoms with Crippen LogP contribution in [0.5, 0.6) is 17.2 Å². The Morgan fingerprint density at radius 3 is 2.50 bits per heavy atom. The highest BCUT2D eigenvalue weighted by atomic mass is 79.9. The summed E-state index contributed by atoms with van der Waals surface area (Å²) in [6.07, 6.45) is 0.720. The molecule has 2 fully saturated rings. The number of carbonyl (C=O) groups is 2. The predicted molar refractivity (Wildman–Crippen MR) is 148 cm³/mol. The summed E-state index contributed by atoms with van der Waals surface area (Å²) in [5.41, 5.74) is 0.976. The zero-order valence-corrected chi connectivity index (χ0v) is 23.2. The molecule has 1 N–H and O–H groups in total. The number of hydrogen-bond acceptors (Lipinski definition) is 9. The van der Waals surface area contributed by atoms with Crippen molar-refractivity contribution in [1.82, 2.24) is 0 Å². The number of amides is 2. The van der Waals surface area contributed by atoms with Crippen molar-refractivity contribution in [2.75, 3.05) is 23.7 Å². The van der Waals surface area contributed by atoms with Crippen molar-refractivity contribution >= 4 is 44.8 Å². The maximum atomic E-state index is 13.9. The number of fused-ring (bicyclic) bond motifs is 1. The number of imide groups is 1. The van der Waals surface area contributed by atoms with Crippen LogP contribution in [-0.4, -0.2) is 41.7 Å². The molecule has 208 valence electrons. The monoisotopic (exact) mass is 611 g/mol. The summed E-state index contributed by atoms with van der Waals surface area (Å²) in [7, 11) is 1.39. The third-order valence-electron chi connectivity index (χ3n) is 6.88. The molecule has 3 atom stereocenters. The Hall–Kier alpha value is -4.16. The molecule has 0 saturated carbocycles. The lowest BCUT2D eigenvalue weighted by atomic mass is 9.90. The first-order chi connectivity index (χ1) is 19.2. The highest BCUT2D eigenvalue weighted by Gasteiger charge is 2.60. The quantitative estimate of drug-likeness (QED) is 0.148. The maximum Gasteiger partial charge on any atom is 0.271 e. The number of methoxy groups -OCH3 is 1. The van der Waals surface area contributed by atoms with Crippen molar-refractivity contribution in [2.45, 2.75) is 31.9 Å². The van der Waals surface area contributed by atoms with E-state index in [0.717, 1.165) is 17.7 Å². The van der Waals surface area contributed by atoms with Gasteiger partial charge in [0.1, 0.15) is 11.7 Å². The molecule has 2 amide bonds. The fourth-order valence-corrected chi connectivity index (χ4v) is 5.38. The van der Waals surface area contributed by atoms with E-state index in [4.69, 9.17) is 14.3 Å². The molecule has 2 heterocycles. The van der Waals surface area contributed by atoms with Gasteiger partial charge in [0.25, 0.3) is 11.6 Å². The molecule has 11 nitrogen and oxygen atoms in total. The number of carbonyl (C=O) groups excluding carboxylic acids is 2. The zero-order chi connectivity index (χ0) is 28.6. The van der Waals surface area contributed by atoms with Gasteiger partial charge in [0.05, 0.1) is 40.5 Å². The number of nitro groups is 1. The molecule has 0 spiro atoms. The summed E-state index contributed by atoms with van der Waals surface area (Å²) in [6, 6.07) is 14.7. The Bertz CT molecular complexity index is 1460. The second-order valence-corrected chi connectivity index (χ2v) is 10.2. The van der Waals surface area contributed by atoms with Gasteiger partial charge in [-0.15, -0.1) is 0 Å². The lowest BCUT2D eigenvalue weighted by molar-refractivity contribution is -0.384. The number of ether oxygens (including phenoxy) is 2. The molecule has 2 saturated heterocycles. The van der Waals surface area contributed by atoms with Gasteiger partial charge in [0, 0.05) is 12.1 Å². The van der Waals surface area contributed by atoms with Gasteiger partial charge in [-0.3, -0.25) is 24.5 Å². The van der Waals surface area contributed by atoms with E-state index in [-0.39, 0.29) is 22.9 Å². The minimum Gasteiger partial charge on any atom is -0.503 e. The molecule has 0 bridgehead atoms. The molecule has 12 heteroatoms. The predicted octanol–water partition coefficient (Wildman–Crippen LogP) is 5.30. The minimum absolute atomic E-state index is 0.138. The number of hydrogen-bond donors (Lipinski definition) is 1. The van der Waals surface area contributed by atoms with Gasteiger partial charge in [0.2, 0.25) is 5.91 Å². The Kier molecular flexibility index (Phi) is 7.63. The van der Waals surface area contributed by atoms with Gasteiger partial charge in [-0.1, -0.05) is 19.4 Å². The molecule has 2 aliphatic rings. The fourth-order valence-electron chi connectivity index (χ4n) is 4.92. The molecule has 3 aromatic carbocycles. The minimum atomic E-state index is -1.18. The van der Waals surface area contributed by atoms with Gasteiger partial charge in [-0.25, -0.2) is 9.96 Å². The normalized spacial score (nSPS) is 20.1. The van der Waals surface area contributed by atoms with Crippen LogP contribution in [0.3, 0.4) is 0 Å². The van der Waals surface area contributed by atoms with Crippen molar-refractivity contribution in [3.05, 3.63) is 80.8 Å². The lowest BCUT2D eigenvalue weighted by Crippen LogP contribution is -2.37. The molecule has 0 aromatic heterocycles. The highest BCUT2D eigenvalue weighted by molar-refractivity contribution is 9.10. The Morgan fingerprint density at radius 2 is 1.82 bits per heavy atom. The SMILES string of the molecule is CCCCOc1ccc(N2C(=O)[C@@H]3[C@H](ON(c4cccc([N+](=O)[O-])c4)[C@@H]3c3cc(Br)c(O)c(OC)c3)C2=O)cc1. The molecule has 2 aliphatic heterocycles. The van der Waals surface area contributed by atoms with E-state index < -0.39 is 34.8 Å². The van der Waals surface area contributed by atoms with E-state index in [0.29, 0.717) is 28.1 Å². The topological polar surface area (TPSA) is 132 Å². The molecule has 0 radical (unpaired) electrons. The van der Waals surface area contributed by atoms with Crippen LogP contribution in [-0.2, 0) is 14.4 Å². The van der Waals surface area contributed by atoms with E-state index in [1.165, 1.54) is 30.4 Å². The first-order valence-electron chi connectivity index (χ1n) is 12.6. The molecule has 0 unspecified atom stereocenters. The molecule has 40 heavy (non-hydrogen) atoms. The first kappa shape index (κ1) is 27.4. The van der Waals surface area contributed by atoms with Crippen molar-refractivity contribution in [3.8, 4) is 17.2 Å². The van der Waals surface area contributed by atoms with Gasteiger partial charge >= 0.3 is 0 Å². The first-order valence-corrected chi connectivity index (χ1v) is 13.4. The average Bonchev–Trinajstić information content (AvgIpc) is 3.46. The van der Waals surface area contributed by atoms with E-state index >= 15 is 0 Å². The van der Waals surface area contributed by atoms with Crippen LogP contribution in [0, 0.1) is 16.0 Å². The number of phenols is 1. The van der Waals surface area contributed by atoms with Crippen LogP contribution >= 0.6 is 15.9 Å². The molecular formula is C28H26BrN3O8. The number of benzene rings is 3. The van der Waals surface area contributed by atoms with E-state index in [1.54, 1.807) is 42.5 Å². The number of rotatable bonds is 9. The Morgan fingerprint density at radius 1 is 1.07 bits per heavy atom. The third-order valence-corrected chi connectivity index (χ3v) is 7.49. The Labute approximate surface area is 238 Å². The number of unbranched alkanes of at least 4 members (excludes halogenated alkanes) is 1. The van der Waals surface area contributed by atoms with Crippen LogP contribution < -0.4 is 19.4 Å². The number of non-ortho nitro benzene ring substituents is 1. The third kappa shape index (κ3) is 4.84. The largest absolute Gasteiger partial charge is 0.503 e. The summed E-state index contributed by atoms with van der Waals surface area (Å²) in [5.74, 6) is -1.41. The molecule has 3 aromatic rings. The number of nitro benzene ring substituents is 1. The Balaban J connectivity index is 1.54. The summed E-state index contributed by atoms with van der Waals surface area (Å²) in [6.45, 7) is 2.63. The van der Waals surface area contributed by atoms with E-state index in [1.807, 2.05) is 0 Å². The number of hydroxylamine groups is 1. The summed E-state index contributed by atoms with van der Waals surface area (Å²) < 4.78 is 11.3. The van der Waals surface area contributed by atoms with E-state index in [9.17, 15) is 24.8 Å². The summed E-state index contributed by atoms with van der Waals surface area (Å²) in [4.78, 5) is 45.6. The maximum absolute atomic E-state index is 13.9. The standard InChI is InChI=1S/C28H26BrN3O8/c1-3-4-12-39-20-10-8-17(9-11-20)30-27(34)23-24(16-13-21(29)25(33)22(14-16)38-2)31(40-26(23)28(30)35)18-6-5-7-19(15-18)32(36)37/h5-11,13-15,23-24,26,33H,3-4,12H2,1-2H3/t23-,24+,26-/m0/s1. The van der Waals surface area contributed by atoms with Gasteiger partial charge < -0.3 is 14.6 Å². The second-order valence-electron chi connectivity index (χ2n) is 9.36. The van der Waals surface area contributed by atoms with Crippen molar-refractivity contribution in [1.29, 1.82) is 0 Å². The number of aromatic hydroxyl groups is 1. The lowest BCUT2D eigenvalue weighted by Gasteiger charge is -2.29. The van der Waals surface area contributed by atoms with Crippen molar-refractivity contribution in [2.24, 2.45) is 5.92 Å². The zero-order valence-electron chi connectivity index (χ0n) is 21.7. The highest BCUT2D eigenvalue weighted by Crippen LogP contribution is 2.50. The van der Waals surface area contributed by atoms with Crippen LogP contribution in [0.4, 0.5) is 17.1 Å². The fraction of sp³-hybridized carbons (Fsp3) is 0.286.